The fourth-order valence-electron chi connectivity index (χ4n) is 4.82. The van der Waals surface area contributed by atoms with Crippen molar-refractivity contribution in [2.24, 2.45) is 17.3 Å². The maximum atomic E-state index is 13.1. The first-order chi connectivity index (χ1) is 11.3. The van der Waals surface area contributed by atoms with Gasteiger partial charge in [0.05, 0.1) is 18.6 Å². The molecule has 3 aliphatic heterocycles. The SMILES string of the molecule is CC(C)(C)[C@H]1CO[C@]2(C)[C@H]3CN(Cc4ccccc4)C[C@H]3C(=O)N12. The average molecular weight is 328 g/mol. The van der Waals surface area contributed by atoms with Gasteiger partial charge in [0, 0.05) is 25.6 Å². The topological polar surface area (TPSA) is 32.8 Å². The summed E-state index contributed by atoms with van der Waals surface area (Å²) in [5, 5.41) is 0. The van der Waals surface area contributed by atoms with E-state index in [4.69, 9.17) is 4.74 Å². The first-order valence-electron chi connectivity index (χ1n) is 9.04. The smallest absolute Gasteiger partial charge is 0.230 e. The molecule has 3 saturated heterocycles. The molecule has 0 aliphatic carbocycles. The van der Waals surface area contributed by atoms with Crippen LogP contribution in [-0.2, 0) is 16.1 Å². The predicted molar refractivity (Wildman–Crippen MR) is 93.1 cm³/mol. The Labute approximate surface area is 144 Å². The molecule has 0 aromatic heterocycles. The predicted octanol–water partition coefficient (Wildman–Crippen LogP) is 2.74. The molecule has 4 heteroatoms. The summed E-state index contributed by atoms with van der Waals surface area (Å²) in [5.41, 5.74) is 0.938. The van der Waals surface area contributed by atoms with Gasteiger partial charge in [-0.25, -0.2) is 0 Å². The minimum absolute atomic E-state index is 0.0514. The molecule has 1 aromatic carbocycles. The van der Waals surface area contributed by atoms with E-state index in [0.29, 0.717) is 12.5 Å². The van der Waals surface area contributed by atoms with Gasteiger partial charge in [-0.2, -0.15) is 0 Å². The second kappa shape index (κ2) is 5.30. The van der Waals surface area contributed by atoms with Crippen LogP contribution in [0.1, 0.15) is 33.3 Å². The standard InChI is InChI=1S/C20H28N2O2/c1-19(2,3)17-13-24-20(4)16-12-21(10-14-8-6-5-7-9-14)11-15(16)18(23)22(17)20/h5-9,15-17H,10-13H2,1-4H3/t15-,16+,17-,20-/m1/s1. The van der Waals surface area contributed by atoms with Gasteiger partial charge in [-0.05, 0) is 17.9 Å². The maximum absolute atomic E-state index is 13.1. The molecule has 1 amide bonds. The highest BCUT2D eigenvalue weighted by molar-refractivity contribution is 5.84. The van der Waals surface area contributed by atoms with Gasteiger partial charge in [0.25, 0.3) is 0 Å². The number of rotatable bonds is 2. The third kappa shape index (κ3) is 2.31. The van der Waals surface area contributed by atoms with Crippen LogP contribution in [0, 0.1) is 17.3 Å². The summed E-state index contributed by atoms with van der Waals surface area (Å²) < 4.78 is 6.26. The molecule has 0 spiro atoms. The van der Waals surface area contributed by atoms with Crippen LogP contribution >= 0.6 is 0 Å². The van der Waals surface area contributed by atoms with Gasteiger partial charge >= 0.3 is 0 Å². The van der Waals surface area contributed by atoms with E-state index >= 15 is 0 Å². The summed E-state index contributed by atoms with van der Waals surface area (Å²) in [6.07, 6.45) is 0. The van der Waals surface area contributed by atoms with Crippen molar-refractivity contribution >= 4 is 5.91 Å². The second-order valence-electron chi connectivity index (χ2n) is 8.85. The maximum Gasteiger partial charge on any atom is 0.230 e. The molecule has 4 rings (SSSR count). The van der Waals surface area contributed by atoms with Crippen molar-refractivity contribution < 1.29 is 9.53 Å². The molecule has 1 aromatic rings. The van der Waals surface area contributed by atoms with Crippen LogP contribution in [0.15, 0.2) is 30.3 Å². The summed E-state index contributed by atoms with van der Waals surface area (Å²) >= 11 is 0. The van der Waals surface area contributed by atoms with Crippen LogP contribution in [0.25, 0.3) is 0 Å². The van der Waals surface area contributed by atoms with Gasteiger partial charge in [-0.15, -0.1) is 0 Å². The number of fused-ring (bicyclic) bond motifs is 3. The van der Waals surface area contributed by atoms with Crippen molar-refractivity contribution in [3.8, 4) is 0 Å². The van der Waals surface area contributed by atoms with Crippen LogP contribution in [-0.4, -0.2) is 47.2 Å². The molecule has 3 aliphatic rings. The highest BCUT2D eigenvalue weighted by Crippen LogP contribution is 2.51. The highest BCUT2D eigenvalue weighted by Gasteiger charge is 2.65. The third-order valence-electron chi connectivity index (χ3n) is 6.21. The summed E-state index contributed by atoms with van der Waals surface area (Å²) in [6, 6.07) is 10.7. The average Bonchev–Trinajstić information content (AvgIpc) is 3.13. The summed E-state index contributed by atoms with van der Waals surface area (Å²) in [5.74, 6) is 0.667. The Morgan fingerprint density at radius 3 is 2.58 bits per heavy atom. The number of hydrogen-bond acceptors (Lipinski definition) is 3. The Balaban J connectivity index is 1.54. The summed E-state index contributed by atoms with van der Waals surface area (Å²) in [7, 11) is 0. The number of carbonyl (C=O) groups is 1. The molecule has 0 radical (unpaired) electrons. The Morgan fingerprint density at radius 2 is 1.92 bits per heavy atom. The summed E-state index contributed by atoms with van der Waals surface area (Å²) in [4.78, 5) is 17.6. The molecule has 130 valence electrons. The molecule has 0 bridgehead atoms. The van der Waals surface area contributed by atoms with E-state index in [1.54, 1.807) is 0 Å². The molecule has 3 fully saturated rings. The zero-order chi connectivity index (χ0) is 17.1. The van der Waals surface area contributed by atoms with Gasteiger partial charge in [-0.1, -0.05) is 51.1 Å². The Bertz CT molecular complexity index is 639. The first-order valence-corrected chi connectivity index (χ1v) is 9.04. The quantitative estimate of drug-likeness (QED) is 0.837. The summed E-state index contributed by atoms with van der Waals surface area (Å²) in [6.45, 7) is 12.1. The lowest BCUT2D eigenvalue weighted by molar-refractivity contribution is -0.142. The van der Waals surface area contributed by atoms with E-state index < -0.39 is 5.72 Å². The van der Waals surface area contributed by atoms with Gasteiger partial charge in [0.1, 0.15) is 5.72 Å². The Kier molecular flexibility index (Phi) is 3.56. The normalized spacial score (nSPS) is 36.2. The van der Waals surface area contributed by atoms with Crippen molar-refractivity contribution in [2.75, 3.05) is 19.7 Å². The zero-order valence-electron chi connectivity index (χ0n) is 15.2. The molecule has 4 nitrogen and oxygen atoms in total. The number of likely N-dealkylation sites (tertiary alicyclic amines) is 1. The number of amides is 1. The molecule has 0 saturated carbocycles. The van der Waals surface area contributed by atoms with E-state index in [1.165, 1.54) is 5.56 Å². The monoisotopic (exact) mass is 328 g/mol. The molecule has 4 atom stereocenters. The number of benzene rings is 1. The van der Waals surface area contributed by atoms with Gasteiger partial charge in [0.2, 0.25) is 5.91 Å². The lowest BCUT2D eigenvalue weighted by Gasteiger charge is -2.38. The molecule has 24 heavy (non-hydrogen) atoms. The molecule has 0 unspecified atom stereocenters. The number of ether oxygens (including phenoxy) is 1. The minimum Gasteiger partial charge on any atom is -0.353 e. The van der Waals surface area contributed by atoms with Crippen LogP contribution in [0.3, 0.4) is 0 Å². The molecular weight excluding hydrogens is 300 g/mol. The van der Waals surface area contributed by atoms with E-state index in [0.717, 1.165) is 19.6 Å². The van der Waals surface area contributed by atoms with E-state index in [9.17, 15) is 4.79 Å². The van der Waals surface area contributed by atoms with Crippen molar-refractivity contribution in [3.63, 3.8) is 0 Å². The van der Waals surface area contributed by atoms with Crippen molar-refractivity contribution in [2.45, 2.75) is 46.0 Å². The largest absolute Gasteiger partial charge is 0.353 e. The Morgan fingerprint density at radius 1 is 1.21 bits per heavy atom. The third-order valence-corrected chi connectivity index (χ3v) is 6.21. The van der Waals surface area contributed by atoms with Crippen molar-refractivity contribution in [1.29, 1.82) is 0 Å². The van der Waals surface area contributed by atoms with E-state index in [2.05, 4.69) is 61.8 Å². The van der Waals surface area contributed by atoms with Crippen LogP contribution < -0.4 is 0 Å². The van der Waals surface area contributed by atoms with Crippen LogP contribution in [0.5, 0.6) is 0 Å². The minimum atomic E-state index is -0.425. The number of hydrogen-bond donors (Lipinski definition) is 0. The number of nitrogens with zero attached hydrogens (tertiary/aromatic N) is 2. The fraction of sp³-hybridized carbons (Fsp3) is 0.650. The second-order valence-corrected chi connectivity index (χ2v) is 8.85. The zero-order valence-corrected chi connectivity index (χ0v) is 15.2. The molecule has 3 heterocycles. The number of carbonyl (C=O) groups excluding carboxylic acids is 1. The fourth-order valence-corrected chi connectivity index (χ4v) is 4.82. The van der Waals surface area contributed by atoms with Crippen LogP contribution in [0.2, 0.25) is 0 Å². The van der Waals surface area contributed by atoms with E-state index in [-0.39, 0.29) is 23.3 Å². The van der Waals surface area contributed by atoms with Crippen molar-refractivity contribution in [1.82, 2.24) is 9.80 Å². The van der Waals surface area contributed by atoms with Gasteiger partial charge < -0.3 is 9.64 Å². The molecule has 0 N–H and O–H groups in total. The van der Waals surface area contributed by atoms with Gasteiger partial charge in [-0.3, -0.25) is 9.69 Å². The van der Waals surface area contributed by atoms with Gasteiger partial charge in [0.15, 0.2) is 0 Å². The van der Waals surface area contributed by atoms with E-state index in [1.807, 2.05) is 6.07 Å². The Hall–Kier alpha value is -1.39. The molecular formula is C20H28N2O2. The first kappa shape index (κ1) is 16.1. The van der Waals surface area contributed by atoms with Crippen LogP contribution in [0.4, 0.5) is 0 Å². The highest BCUT2D eigenvalue weighted by atomic mass is 16.5. The lowest BCUT2D eigenvalue weighted by Crippen LogP contribution is -2.51. The lowest BCUT2D eigenvalue weighted by atomic mass is 9.86. The van der Waals surface area contributed by atoms with Crippen molar-refractivity contribution in [3.05, 3.63) is 35.9 Å².